The maximum atomic E-state index is 13.6. The average molecular weight is 411 g/mol. The molecule has 1 unspecified atom stereocenters. The third kappa shape index (κ3) is 3.59. The number of nitrogens with two attached hydrogens (primary N) is 2. The first kappa shape index (κ1) is 21.3. The number of nitrogens with zero attached hydrogens (tertiary/aromatic N) is 3. The molecule has 0 bridgehead atoms. The van der Waals surface area contributed by atoms with Gasteiger partial charge in [0.2, 0.25) is 0 Å². The summed E-state index contributed by atoms with van der Waals surface area (Å²) in [5.41, 5.74) is 11.1. The SMILES string of the molecule is CN1CC[N+](C)(C)C(=O)c2c(cccc2C2(N=C(N)N)C=CC(C(=O)[O-])=CC2)C1=O. The molecule has 0 spiro atoms. The van der Waals surface area contributed by atoms with E-state index < -0.39 is 11.5 Å². The van der Waals surface area contributed by atoms with E-state index in [9.17, 15) is 19.5 Å². The summed E-state index contributed by atoms with van der Waals surface area (Å²) in [6, 6.07) is 4.98. The number of amides is 2. The van der Waals surface area contributed by atoms with Crippen LogP contribution in [0.2, 0.25) is 0 Å². The highest BCUT2D eigenvalue weighted by molar-refractivity contribution is 6.06. The summed E-state index contributed by atoms with van der Waals surface area (Å²) in [4.78, 5) is 43.8. The van der Waals surface area contributed by atoms with E-state index in [1.54, 1.807) is 44.2 Å². The molecule has 1 aliphatic carbocycles. The molecule has 2 aliphatic rings. The van der Waals surface area contributed by atoms with E-state index in [4.69, 9.17) is 11.5 Å². The number of carboxylic acids is 1. The van der Waals surface area contributed by atoms with Crippen molar-refractivity contribution in [3.8, 4) is 0 Å². The highest BCUT2D eigenvalue weighted by Crippen LogP contribution is 2.39. The predicted octanol–water partition coefficient (Wildman–Crippen LogP) is -0.906. The molecule has 2 amide bonds. The Morgan fingerprint density at radius 2 is 1.97 bits per heavy atom. The summed E-state index contributed by atoms with van der Waals surface area (Å²) in [5, 5.41) is 11.2. The Morgan fingerprint density at radius 3 is 2.53 bits per heavy atom. The van der Waals surface area contributed by atoms with Gasteiger partial charge in [-0.3, -0.25) is 9.28 Å². The number of aliphatic imine (C=N–C) groups is 1. The third-order valence-electron chi connectivity index (χ3n) is 5.60. The molecule has 1 atom stereocenters. The lowest BCUT2D eigenvalue weighted by atomic mass is 9.78. The van der Waals surface area contributed by atoms with Crippen LogP contribution in [0.1, 0.15) is 32.7 Å². The summed E-state index contributed by atoms with van der Waals surface area (Å²) in [6.45, 7) is 0.868. The normalized spacial score (nSPS) is 23.2. The van der Waals surface area contributed by atoms with Gasteiger partial charge in [-0.15, -0.1) is 0 Å². The van der Waals surface area contributed by atoms with Crippen LogP contribution >= 0.6 is 0 Å². The molecule has 0 saturated carbocycles. The number of likely N-dealkylation sites (N-methyl/N-ethyl adjacent to an activating group) is 2. The van der Waals surface area contributed by atoms with E-state index >= 15 is 0 Å². The van der Waals surface area contributed by atoms with Crippen LogP contribution < -0.4 is 16.6 Å². The first-order valence-electron chi connectivity index (χ1n) is 9.47. The zero-order valence-corrected chi connectivity index (χ0v) is 17.2. The Kier molecular flexibility index (Phi) is 5.25. The number of guanidine groups is 1. The molecule has 1 aromatic rings. The van der Waals surface area contributed by atoms with Gasteiger partial charge in [-0.25, -0.2) is 9.79 Å². The van der Waals surface area contributed by atoms with Gasteiger partial charge in [0, 0.05) is 12.6 Å². The number of fused-ring (bicyclic) bond motifs is 1. The molecule has 1 aliphatic heterocycles. The van der Waals surface area contributed by atoms with E-state index in [0.717, 1.165) is 0 Å². The number of carbonyl (C=O) groups is 3. The highest BCUT2D eigenvalue weighted by Gasteiger charge is 2.42. The van der Waals surface area contributed by atoms with Gasteiger partial charge in [0.25, 0.3) is 5.91 Å². The van der Waals surface area contributed by atoms with Crippen LogP contribution in [0.5, 0.6) is 0 Å². The van der Waals surface area contributed by atoms with Crippen molar-refractivity contribution in [1.82, 2.24) is 4.90 Å². The number of carbonyl (C=O) groups excluding carboxylic acids is 3. The summed E-state index contributed by atoms with van der Waals surface area (Å²) < 4.78 is 0.0311. The number of hydrogen-bond donors (Lipinski definition) is 2. The van der Waals surface area contributed by atoms with Gasteiger partial charge < -0.3 is 26.3 Å². The average Bonchev–Trinajstić information content (AvgIpc) is 2.69. The fourth-order valence-corrected chi connectivity index (χ4v) is 3.79. The largest absolute Gasteiger partial charge is 0.545 e. The highest BCUT2D eigenvalue weighted by atomic mass is 16.4. The smallest absolute Gasteiger partial charge is 0.346 e. The Bertz CT molecular complexity index is 1020. The molecule has 0 radical (unpaired) electrons. The molecule has 4 N–H and O–H groups in total. The molecule has 1 heterocycles. The standard InChI is InChI=1S/C21H25N5O4/c1-25-11-12-26(2,3)18(28)16-14(17(25)27)5-4-6-15(16)21(24-20(22)23)9-7-13(8-10-21)19(29)30/h4-9H,10-12H2,1-3H3,(H4-,22,23,24,29,30). The van der Waals surface area contributed by atoms with Crippen LogP contribution in [0.4, 0.5) is 0 Å². The lowest BCUT2D eigenvalue weighted by molar-refractivity contribution is -0.807. The minimum atomic E-state index is -1.32. The second-order valence-corrected chi connectivity index (χ2v) is 8.11. The van der Waals surface area contributed by atoms with Crippen molar-refractivity contribution in [3.05, 3.63) is 58.7 Å². The van der Waals surface area contributed by atoms with Gasteiger partial charge in [-0.2, -0.15) is 0 Å². The fourth-order valence-electron chi connectivity index (χ4n) is 3.79. The number of carboxylic acid groups (broad SMARTS) is 1. The molecular formula is C21H25N5O4. The number of aliphatic carboxylic acids is 1. The molecule has 30 heavy (non-hydrogen) atoms. The Hall–Kier alpha value is -3.46. The van der Waals surface area contributed by atoms with Crippen LogP contribution in [-0.4, -0.2) is 67.4 Å². The van der Waals surface area contributed by atoms with Crippen molar-refractivity contribution in [1.29, 1.82) is 0 Å². The minimum Gasteiger partial charge on any atom is -0.545 e. The van der Waals surface area contributed by atoms with E-state index in [0.29, 0.717) is 18.7 Å². The van der Waals surface area contributed by atoms with Crippen LogP contribution in [-0.2, 0) is 10.3 Å². The van der Waals surface area contributed by atoms with Gasteiger partial charge in [0.15, 0.2) is 5.96 Å². The van der Waals surface area contributed by atoms with Gasteiger partial charge in [0.05, 0.1) is 37.7 Å². The first-order chi connectivity index (χ1) is 14.0. The first-order valence-corrected chi connectivity index (χ1v) is 9.47. The summed E-state index contributed by atoms with van der Waals surface area (Å²) in [6.07, 6.45) is 4.42. The summed E-state index contributed by atoms with van der Waals surface area (Å²) in [7, 11) is 5.25. The van der Waals surface area contributed by atoms with Crippen molar-refractivity contribution in [2.75, 3.05) is 34.2 Å². The molecule has 9 heteroatoms. The Balaban J connectivity index is 2.31. The Morgan fingerprint density at radius 1 is 1.27 bits per heavy atom. The summed E-state index contributed by atoms with van der Waals surface area (Å²) >= 11 is 0. The number of quaternary nitrogens is 1. The van der Waals surface area contributed by atoms with Gasteiger partial charge in [-0.1, -0.05) is 30.4 Å². The molecule has 3 rings (SSSR count). The van der Waals surface area contributed by atoms with E-state index in [-0.39, 0.29) is 45.4 Å². The second-order valence-electron chi connectivity index (χ2n) is 8.11. The van der Waals surface area contributed by atoms with Gasteiger partial charge in [-0.05, 0) is 18.1 Å². The molecule has 158 valence electrons. The lowest BCUT2D eigenvalue weighted by Gasteiger charge is -2.36. The molecule has 1 aromatic carbocycles. The van der Waals surface area contributed by atoms with Gasteiger partial charge >= 0.3 is 5.91 Å². The topological polar surface area (TPSA) is 142 Å². The number of hydrogen-bond acceptors (Lipinski definition) is 5. The number of rotatable bonds is 3. The van der Waals surface area contributed by atoms with Crippen molar-refractivity contribution in [2.24, 2.45) is 16.5 Å². The van der Waals surface area contributed by atoms with Crippen LogP contribution in [0.25, 0.3) is 0 Å². The summed E-state index contributed by atoms with van der Waals surface area (Å²) in [5.74, 6) is -2.06. The molecule has 0 saturated heterocycles. The lowest BCUT2D eigenvalue weighted by Crippen LogP contribution is -2.53. The Labute approximate surface area is 174 Å². The zero-order chi connectivity index (χ0) is 22.3. The van der Waals surface area contributed by atoms with Crippen LogP contribution in [0.15, 0.2) is 47.0 Å². The van der Waals surface area contributed by atoms with Gasteiger partial charge in [0.1, 0.15) is 12.1 Å². The second kappa shape index (κ2) is 7.42. The van der Waals surface area contributed by atoms with Crippen molar-refractivity contribution >= 4 is 23.7 Å². The van der Waals surface area contributed by atoms with Crippen molar-refractivity contribution < 1.29 is 24.0 Å². The van der Waals surface area contributed by atoms with E-state index in [2.05, 4.69) is 4.99 Å². The zero-order valence-electron chi connectivity index (χ0n) is 17.2. The minimum absolute atomic E-state index is 0.00603. The van der Waals surface area contributed by atoms with Crippen molar-refractivity contribution in [3.63, 3.8) is 0 Å². The number of benzene rings is 1. The maximum Gasteiger partial charge on any atom is 0.346 e. The maximum absolute atomic E-state index is 13.6. The molecule has 9 nitrogen and oxygen atoms in total. The monoisotopic (exact) mass is 411 g/mol. The van der Waals surface area contributed by atoms with Crippen LogP contribution in [0.3, 0.4) is 0 Å². The van der Waals surface area contributed by atoms with E-state index in [1.165, 1.54) is 18.2 Å². The fraction of sp³-hybridized carbons (Fsp3) is 0.333. The predicted molar refractivity (Wildman–Crippen MR) is 109 cm³/mol. The van der Waals surface area contributed by atoms with Crippen molar-refractivity contribution in [2.45, 2.75) is 12.0 Å². The molecule has 0 fully saturated rings. The quantitative estimate of drug-likeness (QED) is 0.375. The van der Waals surface area contributed by atoms with Crippen LogP contribution in [0, 0.1) is 0 Å². The molecular weight excluding hydrogens is 386 g/mol. The third-order valence-corrected chi connectivity index (χ3v) is 5.60. The van der Waals surface area contributed by atoms with E-state index in [1.807, 2.05) is 0 Å². The molecule has 0 aromatic heterocycles.